The van der Waals surface area contributed by atoms with E-state index in [1.54, 1.807) is 31.4 Å². The van der Waals surface area contributed by atoms with Gasteiger partial charge < -0.3 is 19.9 Å². The predicted octanol–water partition coefficient (Wildman–Crippen LogP) is 4.23. The van der Waals surface area contributed by atoms with Gasteiger partial charge in [-0.05, 0) is 32.0 Å². The van der Waals surface area contributed by atoms with Gasteiger partial charge in [0.05, 0.1) is 12.8 Å². The Bertz CT molecular complexity index is 865. The van der Waals surface area contributed by atoms with Crippen molar-refractivity contribution >= 4 is 34.9 Å². The lowest BCUT2D eigenvalue weighted by atomic mass is 10.3. The molecular weight excluding hydrogens is 330 g/mol. The van der Waals surface area contributed by atoms with Gasteiger partial charge in [-0.3, -0.25) is 0 Å². The van der Waals surface area contributed by atoms with Gasteiger partial charge in [0.25, 0.3) is 0 Å². The van der Waals surface area contributed by atoms with Crippen LogP contribution in [0.15, 0.2) is 34.9 Å². The molecule has 0 aliphatic carbocycles. The van der Waals surface area contributed by atoms with E-state index in [1.807, 2.05) is 19.9 Å². The van der Waals surface area contributed by atoms with E-state index in [2.05, 4.69) is 25.8 Å². The maximum atomic E-state index is 6.04. The number of rotatable bonds is 5. The second-order valence-electron chi connectivity index (χ2n) is 5.14. The monoisotopic (exact) mass is 345 g/mol. The first-order valence-electron chi connectivity index (χ1n) is 7.20. The summed E-state index contributed by atoms with van der Waals surface area (Å²) in [6, 6.07) is 8.87. The fraction of sp³-hybridized carbons (Fsp3) is 0.188. The predicted molar refractivity (Wildman–Crippen MR) is 92.6 cm³/mol. The molecule has 0 amide bonds. The van der Waals surface area contributed by atoms with Crippen LogP contribution in [0, 0.1) is 13.8 Å². The SMILES string of the molecule is COc1ccc(Cl)cc1Nc1nc(C)cc(Nc2cc(C)on2)n1. The number of aromatic nitrogens is 3. The fourth-order valence-corrected chi connectivity index (χ4v) is 2.32. The topological polar surface area (TPSA) is 85.1 Å². The lowest BCUT2D eigenvalue weighted by Gasteiger charge is -2.12. The third kappa shape index (κ3) is 3.75. The highest BCUT2D eigenvalue weighted by Gasteiger charge is 2.09. The fourth-order valence-electron chi connectivity index (χ4n) is 2.14. The van der Waals surface area contributed by atoms with Gasteiger partial charge in [0, 0.05) is 22.8 Å². The molecule has 2 N–H and O–H groups in total. The van der Waals surface area contributed by atoms with E-state index in [1.165, 1.54) is 0 Å². The molecule has 2 aromatic heterocycles. The Kier molecular flexibility index (Phi) is 4.52. The standard InChI is InChI=1S/C16H16ClN5O2/c1-9-6-14(20-15-7-10(2)24-22-15)21-16(18-9)19-12-8-11(17)4-5-13(12)23-3/h4-8H,1-3H3,(H2,18,19,20,21,22). The molecule has 7 nitrogen and oxygen atoms in total. The van der Waals surface area contributed by atoms with Crippen molar-refractivity contribution in [3.05, 3.63) is 46.8 Å². The largest absolute Gasteiger partial charge is 0.495 e. The first-order valence-corrected chi connectivity index (χ1v) is 7.58. The normalized spacial score (nSPS) is 10.5. The zero-order valence-electron chi connectivity index (χ0n) is 13.4. The number of benzene rings is 1. The molecule has 0 atom stereocenters. The average Bonchev–Trinajstić information content (AvgIpc) is 2.92. The van der Waals surface area contributed by atoms with Crippen LogP contribution in [-0.4, -0.2) is 22.2 Å². The van der Waals surface area contributed by atoms with Crippen molar-refractivity contribution in [1.82, 2.24) is 15.1 Å². The molecular formula is C16H16ClN5O2. The number of anilines is 4. The third-order valence-electron chi connectivity index (χ3n) is 3.15. The van der Waals surface area contributed by atoms with Gasteiger partial charge in [0.15, 0.2) is 5.82 Å². The van der Waals surface area contributed by atoms with Crippen LogP contribution in [0.1, 0.15) is 11.5 Å². The maximum Gasteiger partial charge on any atom is 0.229 e. The second-order valence-corrected chi connectivity index (χ2v) is 5.57. The molecule has 8 heteroatoms. The lowest BCUT2D eigenvalue weighted by Crippen LogP contribution is -2.03. The van der Waals surface area contributed by atoms with E-state index in [4.69, 9.17) is 20.9 Å². The van der Waals surface area contributed by atoms with E-state index in [0.29, 0.717) is 39.8 Å². The molecule has 3 rings (SSSR count). The molecule has 0 bridgehead atoms. The van der Waals surface area contributed by atoms with Crippen molar-refractivity contribution in [2.75, 3.05) is 17.7 Å². The molecule has 0 fully saturated rings. The Morgan fingerprint density at radius 2 is 1.88 bits per heavy atom. The average molecular weight is 346 g/mol. The van der Waals surface area contributed by atoms with Crippen molar-refractivity contribution in [2.45, 2.75) is 13.8 Å². The summed E-state index contributed by atoms with van der Waals surface area (Å²) >= 11 is 6.04. The molecule has 0 aliphatic rings. The van der Waals surface area contributed by atoms with E-state index in [0.717, 1.165) is 5.69 Å². The molecule has 0 saturated carbocycles. The minimum Gasteiger partial charge on any atom is -0.495 e. The van der Waals surface area contributed by atoms with E-state index in [-0.39, 0.29) is 0 Å². The van der Waals surface area contributed by atoms with Crippen molar-refractivity contribution in [2.24, 2.45) is 0 Å². The van der Waals surface area contributed by atoms with Gasteiger partial charge in [-0.15, -0.1) is 0 Å². The first-order chi connectivity index (χ1) is 11.5. The zero-order valence-corrected chi connectivity index (χ0v) is 14.2. The number of nitrogens with zero attached hydrogens (tertiary/aromatic N) is 3. The molecule has 0 saturated heterocycles. The summed E-state index contributed by atoms with van der Waals surface area (Å²) in [7, 11) is 1.59. The van der Waals surface area contributed by atoms with Crippen LogP contribution in [0.5, 0.6) is 5.75 Å². The molecule has 0 spiro atoms. The van der Waals surface area contributed by atoms with E-state index >= 15 is 0 Å². The molecule has 1 aromatic carbocycles. The van der Waals surface area contributed by atoms with Gasteiger partial charge >= 0.3 is 0 Å². The van der Waals surface area contributed by atoms with E-state index in [9.17, 15) is 0 Å². The summed E-state index contributed by atoms with van der Waals surface area (Å²) in [5.41, 5.74) is 1.47. The van der Waals surface area contributed by atoms with Gasteiger partial charge in [-0.1, -0.05) is 16.8 Å². The highest BCUT2D eigenvalue weighted by Crippen LogP contribution is 2.30. The Morgan fingerprint density at radius 1 is 1.04 bits per heavy atom. The Morgan fingerprint density at radius 3 is 2.58 bits per heavy atom. The summed E-state index contributed by atoms with van der Waals surface area (Å²) in [5, 5.41) is 10.7. The van der Waals surface area contributed by atoms with Crippen LogP contribution >= 0.6 is 11.6 Å². The zero-order chi connectivity index (χ0) is 17.1. The van der Waals surface area contributed by atoms with Crippen LogP contribution < -0.4 is 15.4 Å². The summed E-state index contributed by atoms with van der Waals surface area (Å²) in [6.07, 6.45) is 0. The lowest BCUT2D eigenvalue weighted by molar-refractivity contribution is 0.400. The highest BCUT2D eigenvalue weighted by molar-refractivity contribution is 6.31. The number of aryl methyl sites for hydroxylation is 2. The van der Waals surface area contributed by atoms with Gasteiger partial charge in [-0.25, -0.2) is 4.98 Å². The van der Waals surface area contributed by atoms with Crippen molar-refractivity contribution in [3.8, 4) is 5.75 Å². The van der Waals surface area contributed by atoms with Crippen molar-refractivity contribution < 1.29 is 9.26 Å². The molecule has 0 radical (unpaired) electrons. The van der Waals surface area contributed by atoms with Crippen molar-refractivity contribution in [1.29, 1.82) is 0 Å². The first kappa shape index (κ1) is 16.1. The van der Waals surface area contributed by atoms with Crippen LogP contribution in [0.4, 0.5) is 23.3 Å². The molecule has 2 heterocycles. The minimum atomic E-state index is 0.415. The van der Waals surface area contributed by atoms with Gasteiger partial charge in [0.1, 0.15) is 17.3 Å². The number of halogens is 1. The Balaban J connectivity index is 1.87. The summed E-state index contributed by atoms with van der Waals surface area (Å²) < 4.78 is 10.4. The maximum absolute atomic E-state index is 6.04. The van der Waals surface area contributed by atoms with Gasteiger partial charge in [0.2, 0.25) is 5.95 Å². The quantitative estimate of drug-likeness (QED) is 0.715. The summed E-state index contributed by atoms with van der Waals surface area (Å²) in [5.74, 6) is 2.95. The number of hydrogen-bond acceptors (Lipinski definition) is 7. The van der Waals surface area contributed by atoms with Gasteiger partial charge in [-0.2, -0.15) is 4.98 Å². The molecule has 24 heavy (non-hydrogen) atoms. The number of methoxy groups -OCH3 is 1. The third-order valence-corrected chi connectivity index (χ3v) is 3.38. The number of ether oxygens (including phenoxy) is 1. The second kappa shape index (κ2) is 6.76. The minimum absolute atomic E-state index is 0.415. The van der Waals surface area contributed by atoms with Crippen LogP contribution in [0.25, 0.3) is 0 Å². The number of nitrogens with one attached hydrogen (secondary N) is 2. The molecule has 124 valence electrons. The summed E-state index contributed by atoms with van der Waals surface area (Å²) in [6.45, 7) is 3.70. The molecule has 0 unspecified atom stereocenters. The summed E-state index contributed by atoms with van der Waals surface area (Å²) in [4.78, 5) is 8.80. The van der Waals surface area contributed by atoms with Crippen LogP contribution in [0.2, 0.25) is 5.02 Å². The smallest absolute Gasteiger partial charge is 0.229 e. The van der Waals surface area contributed by atoms with Crippen LogP contribution in [-0.2, 0) is 0 Å². The highest BCUT2D eigenvalue weighted by atomic mass is 35.5. The Labute approximate surface area is 144 Å². The molecule has 0 aliphatic heterocycles. The Hall–Kier alpha value is -2.80. The molecule has 3 aromatic rings. The van der Waals surface area contributed by atoms with E-state index < -0.39 is 0 Å². The number of hydrogen-bond donors (Lipinski definition) is 2. The van der Waals surface area contributed by atoms with Crippen LogP contribution in [0.3, 0.4) is 0 Å². The van der Waals surface area contributed by atoms with Crippen molar-refractivity contribution in [3.63, 3.8) is 0 Å².